The summed E-state index contributed by atoms with van der Waals surface area (Å²) < 4.78 is 23.3. The van der Waals surface area contributed by atoms with E-state index in [1.54, 1.807) is 0 Å². The van der Waals surface area contributed by atoms with Gasteiger partial charge in [-0.1, -0.05) is 37.3 Å². The summed E-state index contributed by atoms with van der Waals surface area (Å²) in [5.74, 6) is -0.707. The molecule has 0 amide bonds. The Morgan fingerprint density at radius 1 is 1.23 bits per heavy atom. The summed E-state index contributed by atoms with van der Waals surface area (Å²) >= 11 is 0. The molecule has 5 nitrogen and oxygen atoms in total. The lowest BCUT2D eigenvalue weighted by Crippen LogP contribution is -2.40. The number of hydrogen-bond acceptors (Lipinski definition) is 5. The standard InChI is InChI=1S/C17H22O5/c1-4-12(18)13-14(19-10-11-8-6-5-7-9-11)15-16(20-13)22-17(2,3)21-15/h5-9,13-16H,4,10H2,1-3H3/t13-,14+,15-,16-/m1/s1. The fourth-order valence-electron chi connectivity index (χ4n) is 2.89. The lowest BCUT2D eigenvalue weighted by molar-refractivity contribution is -0.218. The van der Waals surface area contributed by atoms with Crippen molar-refractivity contribution in [3.63, 3.8) is 0 Å². The van der Waals surface area contributed by atoms with Gasteiger partial charge in [0, 0.05) is 6.42 Å². The van der Waals surface area contributed by atoms with E-state index in [1.807, 2.05) is 51.1 Å². The Kier molecular flexibility index (Phi) is 4.32. The first-order chi connectivity index (χ1) is 10.5. The van der Waals surface area contributed by atoms with Crippen LogP contribution in [0.2, 0.25) is 0 Å². The van der Waals surface area contributed by atoms with E-state index >= 15 is 0 Å². The molecule has 2 fully saturated rings. The average molecular weight is 306 g/mol. The Balaban J connectivity index is 1.73. The zero-order chi connectivity index (χ0) is 15.7. The van der Waals surface area contributed by atoms with Crippen molar-refractivity contribution in [1.29, 1.82) is 0 Å². The van der Waals surface area contributed by atoms with Gasteiger partial charge in [0.15, 0.2) is 17.9 Å². The Labute approximate surface area is 130 Å². The molecule has 0 unspecified atom stereocenters. The quantitative estimate of drug-likeness (QED) is 0.836. The van der Waals surface area contributed by atoms with Gasteiger partial charge in [0.05, 0.1) is 6.61 Å². The maximum absolute atomic E-state index is 12.1. The van der Waals surface area contributed by atoms with Crippen LogP contribution in [0.15, 0.2) is 30.3 Å². The molecular formula is C17H22O5. The second-order valence-corrected chi connectivity index (χ2v) is 6.11. The second-order valence-electron chi connectivity index (χ2n) is 6.11. The lowest BCUT2D eigenvalue weighted by Gasteiger charge is -2.25. The summed E-state index contributed by atoms with van der Waals surface area (Å²) in [6.07, 6.45) is -1.59. The third-order valence-corrected chi connectivity index (χ3v) is 3.94. The second kappa shape index (κ2) is 6.08. The molecular weight excluding hydrogens is 284 g/mol. The molecule has 2 saturated heterocycles. The van der Waals surface area contributed by atoms with Gasteiger partial charge < -0.3 is 18.9 Å². The minimum atomic E-state index is -0.718. The average Bonchev–Trinajstić information content (AvgIpc) is 2.97. The molecule has 0 radical (unpaired) electrons. The summed E-state index contributed by atoms with van der Waals surface area (Å²) in [6.45, 7) is 5.90. The van der Waals surface area contributed by atoms with Gasteiger partial charge in [0.1, 0.15) is 18.3 Å². The van der Waals surface area contributed by atoms with Gasteiger partial charge in [-0.3, -0.25) is 4.79 Å². The fourth-order valence-corrected chi connectivity index (χ4v) is 2.89. The summed E-state index contributed by atoms with van der Waals surface area (Å²) in [4.78, 5) is 12.1. The van der Waals surface area contributed by atoms with Crippen LogP contribution >= 0.6 is 0 Å². The van der Waals surface area contributed by atoms with Crippen molar-refractivity contribution in [2.45, 2.75) is 64.2 Å². The highest BCUT2D eigenvalue weighted by molar-refractivity contribution is 5.83. The number of carbonyl (C=O) groups excluding carboxylic acids is 1. The molecule has 0 spiro atoms. The molecule has 0 bridgehead atoms. The molecule has 2 heterocycles. The molecule has 4 atom stereocenters. The van der Waals surface area contributed by atoms with Crippen molar-refractivity contribution in [2.24, 2.45) is 0 Å². The number of benzene rings is 1. The molecule has 120 valence electrons. The van der Waals surface area contributed by atoms with Crippen molar-refractivity contribution >= 4 is 5.78 Å². The van der Waals surface area contributed by atoms with E-state index in [-0.39, 0.29) is 11.9 Å². The van der Waals surface area contributed by atoms with Gasteiger partial charge in [-0.05, 0) is 19.4 Å². The van der Waals surface area contributed by atoms with Gasteiger partial charge in [0.2, 0.25) is 0 Å². The van der Waals surface area contributed by atoms with Gasteiger partial charge >= 0.3 is 0 Å². The third kappa shape index (κ3) is 3.08. The van der Waals surface area contributed by atoms with E-state index < -0.39 is 24.3 Å². The maximum Gasteiger partial charge on any atom is 0.190 e. The molecule has 0 aromatic heterocycles. The minimum absolute atomic E-state index is 0.0115. The van der Waals surface area contributed by atoms with E-state index in [1.165, 1.54) is 0 Å². The van der Waals surface area contributed by atoms with Crippen LogP contribution in [-0.2, 0) is 30.3 Å². The monoisotopic (exact) mass is 306 g/mol. The highest BCUT2D eigenvalue weighted by atomic mass is 16.8. The molecule has 0 N–H and O–H groups in total. The topological polar surface area (TPSA) is 54.0 Å². The summed E-state index contributed by atoms with van der Waals surface area (Å²) in [5, 5.41) is 0. The van der Waals surface area contributed by atoms with Crippen LogP contribution < -0.4 is 0 Å². The summed E-state index contributed by atoms with van der Waals surface area (Å²) in [5.41, 5.74) is 1.05. The molecule has 0 saturated carbocycles. The number of Topliss-reactive ketones (excluding diaryl/α,β-unsaturated/α-hetero) is 1. The fraction of sp³-hybridized carbons (Fsp3) is 0.588. The highest BCUT2D eigenvalue weighted by Crippen LogP contribution is 2.39. The maximum atomic E-state index is 12.1. The Morgan fingerprint density at radius 3 is 2.64 bits per heavy atom. The van der Waals surface area contributed by atoms with Crippen LogP contribution in [0.5, 0.6) is 0 Å². The lowest BCUT2D eigenvalue weighted by atomic mass is 10.1. The molecule has 1 aromatic rings. The molecule has 0 aliphatic carbocycles. The van der Waals surface area contributed by atoms with Gasteiger partial charge in [0.25, 0.3) is 0 Å². The smallest absolute Gasteiger partial charge is 0.190 e. The first kappa shape index (κ1) is 15.6. The van der Waals surface area contributed by atoms with E-state index in [0.717, 1.165) is 5.56 Å². The molecule has 2 aliphatic heterocycles. The van der Waals surface area contributed by atoms with Crippen molar-refractivity contribution < 1.29 is 23.7 Å². The van der Waals surface area contributed by atoms with Crippen molar-refractivity contribution in [3.05, 3.63) is 35.9 Å². The number of ether oxygens (including phenoxy) is 4. The van der Waals surface area contributed by atoms with Crippen LogP contribution in [0.3, 0.4) is 0 Å². The van der Waals surface area contributed by atoms with Crippen LogP contribution in [0, 0.1) is 0 Å². The van der Waals surface area contributed by atoms with E-state index in [2.05, 4.69) is 0 Å². The number of fused-ring (bicyclic) bond motifs is 1. The Morgan fingerprint density at radius 2 is 1.95 bits per heavy atom. The highest BCUT2D eigenvalue weighted by Gasteiger charge is 2.56. The first-order valence-corrected chi connectivity index (χ1v) is 7.69. The van der Waals surface area contributed by atoms with Crippen molar-refractivity contribution in [1.82, 2.24) is 0 Å². The van der Waals surface area contributed by atoms with Crippen molar-refractivity contribution in [2.75, 3.05) is 0 Å². The Hall–Kier alpha value is -1.27. The molecule has 3 rings (SSSR count). The van der Waals surface area contributed by atoms with Gasteiger partial charge in [-0.25, -0.2) is 0 Å². The summed E-state index contributed by atoms with van der Waals surface area (Å²) in [6, 6.07) is 9.84. The zero-order valence-electron chi connectivity index (χ0n) is 13.2. The minimum Gasteiger partial charge on any atom is -0.367 e. The number of carbonyl (C=O) groups is 1. The number of ketones is 1. The zero-order valence-corrected chi connectivity index (χ0v) is 13.2. The van der Waals surface area contributed by atoms with E-state index in [0.29, 0.717) is 13.0 Å². The number of hydrogen-bond donors (Lipinski definition) is 0. The first-order valence-electron chi connectivity index (χ1n) is 7.69. The van der Waals surface area contributed by atoms with Crippen LogP contribution in [0.4, 0.5) is 0 Å². The molecule has 22 heavy (non-hydrogen) atoms. The third-order valence-electron chi connectivity index (χ3n) is 3.94. The largest absolute Gasteiger partial charge is 0.367 e. The normalized spacial score (nSPS) is 32.9. The van der Waals surface area contributed by atoms with E-state index in [4.69, 9.17) is 18.9 Å². The molecule has 5 heteroatoms. The van der Waals surface area contributed by atoms with Crippen molar-refractivity contribution in [3.8, 4) is 0 Å². The Bertz CT molecular complexity index is 527. The van der Waals surface area contributed by atoms with Gasteiger partial charge in [-0.15, -0.1) is 0 Å². The van der Waals surface area contributed by atoms with E-state index in [9.17, 15) is 4.79 Å². The molecule has 2 aliphatic rings. The molecule has 1 aromatic carbocycles. The number of rotatable bonds is 5. The van der Waals surface area contributed by atoms with Crippen LogP contribution in [0.1, 0.15) is 32.8 Å². The van der Waals surface area contributed by atoms with Crippen LogP contribution in [0.25, 0.3) is 0 Å². The van der Waals surface area contributed by atoms with Crippen LogP contribution in [-0.4, -0.2) is 36.2 Å². The van der Waals surface area contributed by atoms with Gasteiger partial charge in [-0.2, -0.15) is 0 Å². The SMILES string of the molecule is CCC(=O)[C@H]1O[C@@H]2OC(C)(C)O[C@@H]2[C@H]1OCc1ccccc1. The summed E-state index contributed by atoms with van der Waals surface area (Å²) in [7, 11) is 0. The predicted molar refractivity (Wildman–Crippen MR) is 79.0 cm³/mol. The predicted octanol–water partition coefficient (Wildman–Crippen LogP) is 2.43.